The van der Waals surface area contributed by atoms with Crippen LogP contribution in [0.15, 0.2) is 52.9 Å². The Morgan fingerprint density at radius 2 is 1.96 bits per heavy atom. The molecule has 0 unspecified atom stereocenters. The van der Waals surface area contributed by atoms with Gasteiger partial charge in [0.2, 0.25) is 0 Å². The molecule has 0 atom stereocenters. The number of phenolic OH excluding ortho intramolecular Hbond substituents is 1. The lowest BCUT2D eigenvalue weighted by Crippen LogP contribution is -2.35. The van der Waals surface area contributed by atoms with Crippen molar-refractivity contribution in [2.24, 2.45) is 0 Å². The molecule has 3 aromatic rings. The van der Waals surface area contributed by atoms with Gasteiger partial charge in [0.25, 0.3) is 5.91 Å². The zero-order valence-electron chi connectivity index (χ0n) is 15.3. The number of nitrogens with zero attached hydrogens (tertiary/aromatic N) is 2. The number of benzene rings is 2. The molecule has 5 nitrogen and oxygen atoms in total. The largest absolute Gasteiger partial charge is 0.507 e. The van der Waals surface area contributed by atoms with Gasteiger partial charge in [0.15, 0.2) is 5.89 Å². The molecule has 0 bridgehead atoms. The van der Waals surface area contributed by atoms with Crippen molar-refractivity contribution in [1.82, 2.24) is 9.88 Å². The van der Waals surface area contributed by atoms with Crippen LogP contribution in [0.4, 0.5) is 0 Å². The maximum atomic E-state index is 12.8. The van der Waals surface area contributed by atoms with Crippen molar-refractivity contribution < 1.29 is 14.3 Å². The second-order valence-electron chi connectivity index (χ2n) is 6.91. The van der Waals surface area contributed by atoms with E-state index in [1.165, 1.54) is 5.56 Å². The third-order valence-corrected chi connectivity index (χ3v) is 5.00. The van der Waals surface area contributed by atoms with Gasteiger partial charge in [0.05, 0.1) is 12.1 Å². The molecular formula is C22H22N2O3. The van der Waals surface area contributed by atoms with Gasteiger partial charge in [-0.2, -0.15) is 0 Å². The summed E-state index contributed by atoms with van der Waals surface area (Å²) in [6, 6.07) is 15.5. The lowest BCUT2D eigenvalue weighted by Gasteiger charge is -2.25. The lowest BCUT2D eigenvalue weighted by molar-refractivity contribution is 0.0724. The van der Waals surface area contributed by atoms with E-state index in [1.807, 2.05) is 18.2 Å². The summed E-state index contributed by atoms with van der Waals surface area (Å²) >= 11 is 0. The highest BCUT2D eigenvalue weighted by molar-refractivity contribution is 5.97. The highest BCUT2D eigenvalue weighted by Crippen LogP contribution is 2.26. The minimum atomic E-state index is -0.171. The van der Waals surface area contributed by atoms with Gasteiger partial charge in [0, 0.05) is 19.4 Å². The molecule has 1 N–H and O–H groups in total. The molecule has 4 rings (SSSR count). The number of carbonyl (C=O) groups is 1. The first-order valence-corrected chi connectivity index (χ1v) is 9.21. The Balaban J connectivity index is 1.46. The maximum absolute atomic E-state index is 12.8. The number of aromatic nitrogens is 1. The van der Waals surface area contributed by atoms with Gasteiger partial charge in [-0.3, -0.25) is 4.79 Å². The van der Waals surface area contributed by atoms with Crippen LogP contribution in [0, 0.1) is 6.92 Å². The monoisotopic (exact) mass is 362 g/mol. The van der Waals surface area contributed by atoms with Gasteiger partial charge in [-0.15, -0.1) is 0 Å². The van der Waals surface area contributed by atoms with E-state index in [9.17, 15) is 9.90 Å². The standard InChI is InChI=1S/C22H22N2O3/c1-15-6-5-9-17(21(15)25)22(26)24-13-12-19-18(14-24)23-20(27-19)11-10-16-7-3-2-4-8-16/h2-9,25H,10-14H2,1H3. The number of phenols is 1. The van der Waals surface area contributed by atoms with Crippen molar-refractivity contribution in [2.45, 2.75) is 32.7 Å². The third-order valence-electron chi connectivity index (χ3n) is 5.00. The van der Waals surface area contributed by atoms with E-state index < -0.39 is 0 Å². The zero-order chi connectivity index (χ0) is 18.8. The Labute approximate surface area is 158 Å². The van der Waals surface area contributed by atoms with Gasteiger partial charge >= 0.3 is 0 Å². The summed E-state index contributed by atoms with van der Waals surface area (Å²) in [6.07, 6.45) is 2.26. The first-order chi connectivity index (χ1) is 13.1. The summed E-state index contributed by atoms with van der Waals surface area (Å²) in [5.41, 5.74) is 3.11. The first kappa shape index (κ1) is 17.3. The van der Waals surface area contributed by atoms with E-state index in [0.29, 0.717) is 30.6 Å². The van der Waals surface area contributed by atoms with Crippen LogP contribution in [0.5, 0.6) is 5.75 Å². The number of rotatable bonds is 4. The summed E-state index contributed by atoms with van der Waals surface area (Å²) in [7, 11) is 0. The van der Waals surface area contributed by atoms with Crippen molar-refractivity contribution in [3.8, 4) is 5.75 Å². The van der Waals surface area contributed by atoms with Crippen molar-refractivity contribution in [3.63, 3.8) is 0 Å². The molecule has 1 aliphatic rings. The molecule has 0 radical (unpaired) electrons. The normalized spacial score (nSPS) is 13.4. The van der Waals surface area contributed by atoms with Crippen LogP contribution in [-0.2, 0) is 25.8 Å². The predicted molar refractivity (Wildman–Crippen MR) is 102 cm³/mol. The van der Waals surface area contributed by atoms with Crippen molar-refractivity contribution >= 4 is 5.91 Å². The summed E-state index contributed by atoms with van der Waals surface area (Å²) < 4.78 is 5.91. The Kier molecular flexibility index (Phi) is 4.67. The second kappa shape index (κ2) is 7.27. The van der Waals surface area contributed by atoms with E-state index in [1.54, 1.807) is 30.0 Å². The molecule has 0 saturated heterocycles. The average Bonchev–Trinajstić information content (AvgIpc) is 3.11. The minimum absolute atomic E-state index is 0.0528. The quantitative estimate of drug-likeness (QED) is 0.769. The van der Waals surface area contributed by atoms with Crippen LogP contribution in [0.1, 0.15) is 38.8 Å². The number of aryl methyl sites for hydroxylation is 3. The first-order valence-electron chi connectivity index (χ1n) is 9.21. The summed E-state index contributed by atoms with van der Waals surface area (Å²) in [5.74, 6) is 1.47. The van der Waals surface area contributed by atoms with Crippen LogP contribution < -0.4 is 0 Å². The van der Waals surface area contributed by atoms with Crippen LogP contribution >= 0.6 is 0 Å². The van der Waals surface area contributed by atoms with Crippen LogP contribution in [0.3, 0.4) is 0 Å². The molecule has 27 heavy (non-hydrogen) atoms. The third kappa shape index (κ3) is 3.58. The number of amides is 1. The smallest absolute Gasteiger partial charge is 0.257 e. The number of hydrogen-bond donors (Lipinski definition) is 1. The van der Waals surface area contributed by atoms with Crippen molar-refractivity contribution in [3.05, 3.63) is 82.6 Å². The maximum Gasteiger partial charge on any atom is 0.257 e. The van der Waals surface area contributed by atoms with E-state index >= 15 is 0 Å². The Morgan fingerprint density at radius 3 is 2.78 bits per heavy atom. The summed E-state index contributed by atoms with van der Waals surface area (Å²) in [6.45, 7) is 2.76. The molecule has 1 amide bonds. The molecule has 138 valence electrons. The number of oxazole rings is 1. The molecule has 0 saturated carbocycles. The molecule has 0 spiro atoms. The van der Waals surface area contributed by atoms with Crippen LogP contribution in [-0.4, -0.2) is 27.4 Å². The predicted octanol–water partition coefficient (Wildman–Crippen LogP) is 3.67. The van der Waals surface area contributed by atoms with Crippen molar-refractivity contribution in [2.75, 3.05) is 6.54 Å². The van der Waals surface area contributed by atoms with E-state index in [-0.39, 0.29) is 11.7 Å². The van der Waals surface area contributed by atoms with Gasteiger partial charge in [0.1, 0.15) is 17.2 Å². The SMILES string of the molecule is Cc1cccc(C(=O)N2CCc3oc(CCc4ccccc4)nc3C2)c1O. The molecule has 0 aliphatic carbocycles. The van der Waals surface area contributed by atoms with E-state index in [4.69, 9.17) is 4.42 Å². The number of carbonyl (C=O) groups excluding carboxylic acids is 1. The summed E-state index contributed by atoms with van der Waals surface area (Å²) in [5, 5.41) is 10.2. The van der Waals surface area contributed by atoms with Crippen LogP contribution in [0.25, 0.3) is 0 Å². The molecule has 1 aromatic heterocycles. The number of hydrogen-bond acceptors (Lipinski definition) is 4. The fraction of sp³-hybridized carbons (Fsp3) is 0.273. The molecule has 5 heteroatoms. The molecule has 2 heterocycles. The van der Waals surface area contributed by atoms with Gasteiger partial charge in [-0.25, -0.2) is 4.98 Å². The fourth-order valence-electron chi connectivity index (χ4n) is 3.43. The molecule has 2 aromatic carbocycles. The molecule has 0 fully saturated rings. The highest BCUT2D eigenvalue weighted by Gasteiger charge is 2.27. The second-order valence-corrected chi connectivity index (χ2v) is 6.91. The average molecular weight is 362 g/mol. The van der Waals surface area contributed by atoms with Gasteiger partial charge in [-0.1, -0.05) is 42.5 Å². The fourth-order valence-corrected chi connectivity index (χ4v) is 3.43. The number of aromatic hydroxyl groups is 1. The Morgan fingerprint density at radius 1 is 1.15 bits per heavy atom. The molecule has 1 aliphatic heterocycles. The van der Waals surface area contributed by atoms with E-state index in [0.717, 1.165) is 30.2 Å². The number of fused-ring (bicyclic) bond motifs is 1. The number of para-hydroxylation sites is 1. The highest BCUT2D eigenvalue weighted by atomic mass is 16.4. The minimum Gasteiger partial charge on any atom is -0.507 e. The zero-order valence-corrected chi connectivity index (χ0v) is 15.3. The Bertz CT molecular complexity index is 963. The van der Waals surface area contributed by atoms with E-state index in [2.05, 4.69) is 17.1 Å². The molecular weight excluding hydrogens is 340 g/mol. The Hall–Kier alpha value is -3.08. The van der Waals surface area contributed by atoms with Crippen molar-refractivity contribution in [1.29, 1.82) is 0 Å². The van der Waals surface area contributed by atoms with Crippen LogP contribution in [0.2, 0.25) is 0 Å². The summed E-state index contributed by atoms with van der Waals surface area (Å²) in [4.78, 5) is 19.1. The topological polar surface area (TPSA) is 66.6 Å². The van der Waals surface area contributed by atoms with Gasteiger partial charge < -0.3 is 14.4 Å². The van der Waals surface area contributed by atoms with Gasteiger partial charge in [-0.05, 0) is 30.5 Å². The lowest BCUT2D eigenvalue weighted by atomic mass is 10.1.